The molecule has 0 saturated carbocycles. The number of aryl methyl sites for hydroxylation is 1. The van der Waals surface area contributed by atoms with E-state index in [1.165, 1.54) is 0 Å². The van der Waals surface area contributed by atoms with Crippen molar-refractivity contribution in [1.29, 1.82) is 0 Å². The lowest BCUT2D eigenvalue weighted by molar-refractivity contribution is 0.0185. The second kappa shape index (κ2) is 8.15. The summed E-state index contributed by atoms with van der Waals surface area (Å²) in [5.74, 6) is 1.49. The summed E-state index contributed by atoms with van der Waals surface area (Å²) in [6.45, 7) is 2.10. The zero-order valence-corrected chi connectivity index (χ0v) is 14.6. The predicted molar refractivity (Wildman–Crippen MR) is 90.6 cm³/mol. The maximum absolute atomic E-state index is 12.0. The smallest absolute Gasteiger partial charge is 0.407 e. The van der Waals surface area contributed by atoms with Crippen molar-refractivity contribution in [1.82, 2.24) is 20.8 Å². The highest BCUT2D eigenvalue weighted by Crippen LogP contribution is 2.19. The first-order chi connectivity index (χ1) is 12.5. The van der Waals surface area contributed by atoms with E-state index in [0.29, 0.717) is 24.7 Å². The zero-order chi connectivity index (χ0) is 18.5. The third-order valence-electron chi connectivity index (χ3n) is 4.17. The maximum Gasteiger partial charge on any atom is 0.407 e. The molecule has 9 nitrogen and oxygen atoms in total. The van der Waals surface area contributed by atoms with Crippen LogP contribution in [0.2, 0.25) is 0 Å². The van der Waals surface area contributed by atoms with Gasteiger partial charge in [0.05, 0.1) is 19.7 Å². The van der Waals surface area contributed by atoms with Gasteiger partial charge in [0.25, 0.3) is 0 Å². The number of hydrogen-bond donors (Lipinski definition) is 3. The molecule has 140 valence electrons. The van der Waals surface area contributed by atoms with Crippen LogP contribution in [0.3, 0.4) is 0 Å². The van der Waals surface area contributed by atoms with Gasteiger partial charge in [0.1, 0.15) is 18.0 Å². The van der Waals surface area contributed by atoms with Crippen molar-refractivity contribution in [2.45, 2.75) is 38.1 Å². The number of amides is 1. The van der Waals surface area contributed by atoms with Crippen molar-refractivity contribution in [3.05, 3.63) is 41.6 Å². The molecular weight excluding hydrogens is 340 g/mol. The summed E-state index contributed by atoms with van der Waals surface area (Å²) < 4.78 is 15.7. The molecule has 1 saturated heterocycles. The van der Waals surface area contributed by atoms with Crippen LogP contribution in [0.4, 0.5) is 4.79 Å². The van der Waals surface area contributed by atoms with E-state index < -0.39 is 18.3 Å². The fraction of sp³-hybridized carbons (Fsp3) is 0.471. The van der Waals surface area contributed by atoms with Crippen LogP contribution in [-0.2, 0) is 17.7 Å². The highest BCUT2D eigenvalue weighted by molar-refractivity contribution is 5.67. The third-order valence-corrected chi connectivity index (χ3v) is 4.17. The van der Waals surface area contributed by atoms with Crippen molar-refractivity contribution in [2.24, 2.45) is 0 Å². The number of carbonyl (C=O) groups excluding carboxylic acids is 1. The maximum atomic E-state index is 12.0. The number of ether oxygens (including phenoxy) is 2. The van der Waals surface area contributed by atoms with Crippen molar-refractivity contribution in [3.8, 4) is 5.75 Å². The first-order valence-electron chi connectivity index (χ1n) is 8.33. The van der Waals surface area contributed by atoms with Gasteiger partial charge in [-0.1, -0.05) is 12.1 Å². The molecule has 0 bridgehead atoms. The summed E-state index contributed by atoms with van der Waals surface area (Å²) in [5, 5.41) is 23.3. The number of nitrogens with zero attached hydrogens (tertiary/aromatic N) is 2. The zero-order valence-electron chi connectivity index (χ0n) is 14.6. The first kappa shape index (κ1) is 18.2. The molecule has 3 atom stereocenters. The Morgan fingerprint density at radius 1 is 1.38 bits per heavy atom. The molecule has 3 rings (SSSR count). The quantitative estimate of drug-likeness (QED) is 0.682. The minimum absolute atomic E-state index is 0.0685. The van der Waals surface area contributed by atoms with Gasteiger partial charge in [0.2, 0.25) is 11.8 Å². The van der Waals surface area contributed by atoms with E-state index in [2.05, 4.69) is 20.8 Å². The van der Waals surface area contributed by atoms with Crippen LogP contribution in [-0.4, -0.2) is 53.3 Å². The monoisotopic (exact) mass is 362 g/mol. The Morgan fingerprint density at radius 2 is 2.15 bits per heavy atom. The van der Waals surface area contributed by atoms with Crippen LogP contribution in [0, 0.1) is 6.92 Å². The molecular formula is C17H22N4O5. The molecule has 0 aliphatic carbocycles. The van der Waals surface area contributed by atoms with Gasteiger partial charge in [-0.15, -0.1) is 10.2 Å². The Kier molecular flexibility index (Phi) is 5.69. The van der Waals surface area contributed by atoms with Crippen molar-refractivity contribution in [2.75, 3.05) is 13.7 Å². The minimum atomic E-state index is -0.769. The fourth-order valence-corrected chi connectivity index (χ4v) is 2.86. The second-order valence-corrected chi connectivity index (χ2v) is 6.07. The molecule has 1 fully saturated rings. The number of rotatable bonds is 6. The number of aromatic nitrogens is 2. The number of β-amino-alcohol motifs (C(OH)–C–C–N with tert-alkyl or cyclic N) is 1. The number of aliphatic hydroxyl groups is 1. The number of alkyl carbamates (subject to hydrolysis) is 1. The lowest BCUT2D eigenvalue weighted by Gasteiger charge is -2.22. The van der Waals surface area contributed by atoms with E-state index in [9.17, 15) is 9.90 Å². The largest absolute Gasteiger partial charge is 0.497 e. The van der Waals surface area contributed by atoms with Crippen LogP contribution in [0.5, 0.6) is 5.75 Å². The van der Waals surface area contributed by atoms with E-state index in [1.807, 2.05) is 24.3 Å². The number of nitrogens with one attached hydrogen (secondary N) is 2. The van der Waals surface area contributed by atoms with Gasteiger partial charge in [-0.3, -0.25) is 0 Å². The number of aliphatic hydroxyl groups excluding tert-OH is 1. The number of carbonyl (C=O) groups is 1. The van der Waals surface area contributed by atoms with E-state index in [-0.39, 0.29) is 12.6 Å². The van der Waals surface area contributed by atoms with Crippen molar-refractivity contribution < 1.29 is 23.8 Å². The average Bonchev–Trinajstić information content (AvgIpc) is 3.21. The molecule has 2 aromatic rings. The minimum Gasteiger partial charge on any atom is -0.497 e. The van der Waals surface area contributed by atoms with Gasteiger partial charge in [0, 0.05) is 13.5 Å². The molecule has 0 radical (unpaired) electrons. The van der Waals surface area contributed by atoms with Crippen LogP contribution >= 0.6 is 0 Å². The van der Waals surface area contributed by atoms with Crippen LogP contribution in [0.25, 0.3) is 0 Å². The lowest BCUT2D eigenvalue weighted by Crippen LogP contribution is -2.41. The predicted octanol–water partition coefficient (Wildman–Crippen LogP) is 0.557. The highest BCUT2D eigenvalue weighted by atomic mass is 16.6. The van der Waals surface area contributed by atoms with Crippen LogP contribution in [0.1, 0.15) is 17.3 Å². The molecule has 0 unspecified atom stereocenters. The van der Waals surface area contributed by atoms with Crippen LogP contribution in [0.15, 0.2) is 28.7 Å². The van der Waals surface area contributed by atoms with Crippen LogP contribution < -0.4 is 15.4 Å². The van der Waals surface area contributed by atoms with Gasteiger partial charge < -0.3 is 29.6 Å². The Bertz CT molecular complexity index is 733. The number of methoxy groups -OCH3 is 1. The summed E-state index contributed by atoms with van der Waals surface area (Å²) in [7, 11) is 1.61. The van der Waals surface area contributed by atoms with Gasteiger partial charge in [-0.2, -0.15) is 0 Å². The first-order valence-corrected chi connectivity index (χ1v) is 8.33. The van der Waals surface area contributed by atoms with Crippen molar-refractivity contribution in [3.63, 3.8) is 0 Å². The third kappa shape index (κ3) is 4.50. The molecule has 1 aromatic heterocycles. The van der Waals surface area contributed by atoms with E-state index in [1.54, 1.807) is 14.0 Å². The summed E-state index contributed by atoms with van der Waals surface area (Å²) in [4.78, 5) is 12.0. The van der Waals surface area contributed by atoms with Gasteiger partial charge in [-0.05, 0) is 24.1 Å². The molecule has 1 amide bonds. The van der Waals surface area contributed by atoms with E-state index in [0.717, 1.165) is 11.3 Å². The van der Waals surface area contributed by atoms with Gasteiger partial charge >= 0.3 is 6.09 Å². The highest BCUT2D eigenvalue weighted by Gasteiger charge is 2.37. The van der Waals surface area contributed by atoms with E-state index >= 15 is 0 Å². The molecule has 1 aliphatic heterocycles. The Hall–Kier alpha value is -2.65. The molecule has 9 heteroatoms. The fourth-order valence-electron chi connectivity index (χ4n) is 2.86. The van der Waals surface area contributed by atoms with Crippen molar-refractivity contribution >= 4 is 6.09 Å². The number of benzene rings is 1. The Labute approximate surface area is 150 Å². The standard InChI is InChI=1S/C17H22N4O5/c1-10-20-21-15(25-10)9-19-17(23)26-16-13(18-8-14(16)22)7-11-3-5-12(24-2)6-4-11/h3-6,13-14,16,18,22H,7-9H2,1-2H3,(H,19,23)/t13-,14+,16+/m1/s1. The Balaban J connectivity index is 1.54. The summed E-state index contributed by atoms with van der Waals surface area (Å²) in [5.41, 5.74) is 1.05. The summed E-state index contributed by atoms with van der Waals surface area (Å²) in [6.07, 6.45) is -1.45. The topological polar surface area (TPSA) is 119 Å². The lowest BCUT2D eigenvalue weighted by atomic mass is 10.0. The summed E-state index contributed by atoms with van der Waals surface area (Å²) >= 11 is 0. The molecule has 0 spiro atoms. The summed E-state index contributed by atoms with van der Waals surface area (Å²) in [6, 6.07) is 7.45. The van der Waals surface area contributed by atoms with Gasteiger partial charge in [0.15, 0.2) is 0 Å². The number of hydrogen-bond acceptors (Lipinski definition) is 8. The van der Waals surface area contributed by atoms with Gasteiger partial charge in [-0.25, -0.2) is 4.79 Å². The molecule has 1 aromatic carbocycles. The normalized spacial score (nSPS) is 22.2. The molecule has 26 heavy (non-hydrogen) atoms. The molecule has 2 heterocycles. The Morgan fingerprint density at radius 3 is 2.81 bits per heavy atom. The van der Waals surface area contributed by atoms with E-state index in [4.69, 9.17) is 13.9 Å². The second-order valence-electron chi connectivity index (χ2n) is 6.07. The molecule has 1 aliphatic rings. The SMILES string of the molecule is COc1ccc(C[C@H]2NC[C@H](O)[C@H]2OC(=O)NCc2nnc(C)o2)cc1. The average molecular weight is 362 g/mol. The molecule has 3 N–H and O–H groups in total.